The van der Waals surface area contributed by atoms with Gasteiger partial charge in [-0.1, -0.05) is 90.1 Å². The molecule has 1 heterocycles. The summed E-state index contributed by atoms with van der Waals surface area (Å²) in [6.07, 6.45) is 0.579. The van der Waals surface area contributed by atoms with Crippen molar-refractivity contribution >= 4 is 28.5 Å². The molecule has 10 heteroatoms. The Morgan fingerprint density at radius 2 is 1.55 bits per heavy atom. The summed E-state index contributed by atoms with van der Waals surface area (Å²) < 4.78 is 5.50. The molecule has 0 aliphatic rings. The standard InChI is InChI=1S/C34H34N6O4/c1-36-32(42)30-38-33(44-39-30)29(20-22-9-4-3-5-10-22)40(2)34(43)28(37-31(41)27-14-8-11-24(18-27)21-35)19-23-15-16-25-12-6-7-13-26(25)17-23/h3-18,28-29H,19-21,35H2,1-2H3,(H,36,42)(H,37,41). The second-order valence-corrected chi connectivity index (χ2v) is 10.5. The van der Waals surface area contributed by atoms with Gasteiger partial charge in [-0.05, 0) is 39.6 Å². The van der Waals surface area contributed by atoms with Crippen LogP contribution in [0.4, 0.5) is 0 Å². The van der Waals surface area contributed by atoms with Gasteiger partial charge in [0.2, 0.25) is 11.8 Å². The number of hydrogen-bond acceptors (Lipinski definition) is 7. The average molecular weight is 591 g/mol. The Morgan fingerprint density at radius 3 is 2.30 bits per heavy atom. The number of nitrogens with one attached hydrogen (secondary N) is 2. The van der Waals surface area contributed by atoms with E-state index in [2.05, 4.69) is 20.8 Å². The topological polar surface area (TPSA) is 143 Å². The maximum atomic E-state index is 14.3. The van der Waals surface area contributed by atoms with E-state index in [0.29, 0.717) is 12.0 Å². The molecule has 44 heavy (non-hydrogen) atoms. The van der Waals surface area contributed by atoms with Crippen molar-refractivity contribution < 1.29 is 18.9 Å². The Labute approximate surface area is 255 Å². The van der Waals surface area contributed by atoms with Crippen LogP contribution in [-0.4, -0.2) is 52.9 Å². The highest BCUT2D eigenvalue weighted by Gasteiger charge is 2.33. The molecule has 4 N–H and O–H groups in total. The van der Waals surface area contributed by atoms with Crippen molar-refractivity contribution in [3.63, 3.8) is 0 Å². The number of nitrogens with two attached hydrogens (primary N) is 1. The number of aromatic nitrogens is 2. The molecular formula is C34H34N6O4. The number of hydrogen-bond donors (Lipinski definition) is 3. The van der Waals surface area contributed by atoms with E-state index < -0.39 is 23.9 Å². The number of benzene rings is 4. The van der Waals surface area contributed by atoms with E-state index in [9.17, 15) is 14.4 Å². The maximum Gasteiger partial charge on any atom is 0.292 e. The zero-order chi connectivity index (χ0) is 31.1. The molecule has 0 radical (unpaired) electrons. The van der Waals surface area contributed by atoms with Crippen LogP contribution in [-0.2, 0) is 24.2 Å². The highest BCUT2D eigenvalue weighted by atomic mass is 16.5. The summed E-state index contributed by atoms with van der Waals surface area (Å²) in [6, 6.07) is 28.9. The van der Waals surface area contributed by atoms with Gasteiger partial charge in [0.15, 0.2) is 0 Å². The van der Waals surface area contributed by atoms with Crippen LogP contribution in [0, 0.1) is 0 Å². The second-order valence-electron chi connectivity index (χ2n) is 10.5. The van der Waals surface area contributed by atoms with Gasteiger partial charge in [-0.2, -0.15) is 4.98 Å². The fraction of sp³-hybridized carbons (Fsp3) is 0.206. The summed E-state index contributed by atoms with van der Waals surface area (Å²) in [5.74, 6) is -1.29. The zero-order valence-corrected chi connectivity index (χ0v) is 24.6. The fourth-order valence-electron chi connectivity index (χ4n) is 5.08. The van der Waals surface area contributed by atoms with E-state index in [4.69, 9.17) is 10.3 Å². The van der Waals surface area contributed by atoms with Gasteiger partial charge in [0.1, 0.15) is 12.1 Å². The fourth-order valence-corrected chi connectivity index (χ4v) is 5.08. The van der Waals surface area contributed by atoms with Crippen LogP contribution < -0.4 is 16.4 Å². The minimum absolute atomic E-state index is 0.106. The molecule has 224 valence electrons. The molecule has 2 unspecified atom stereocenters. The van der Waals surface area contributed by atoms with Crippen molar-refractivity contribution in [2.45, 2.75) is 31.5 Å². The summed E-state index contributed by atoms with van der Waals surface area (Å²) in [5.41, 5.74) is 8.81. The van der Waals surface area contributed by atoms with E-state index in [1.807, 2.05) is 78.9 Å². The number of carbonyl (C=O) groups is 3. The Morgan fingerprint density at radius 1 is 0.818 bits per heavy atom. The Balaban J connectivity index is 1.49. The van der Waals surface area contributed by atoms with Crippen molar-refractivity contribution in [3.8, 4) is 0 Å². The third-order valence-electron chi connectivity index (χ3n) is 7.53. The zero-order valence-electron chi connectivity index (χ0n) is 24.6. The number of fused-ring (bicyclic) bond motifs is 1. The minimum atomic E-state index is -0.935. The number of likely N-dealkylation sites (N-methyl/N-ethyl adjacent to an activating group) is 1. The Bertz CT molecular complexity index is 1770. The molecule has 10 nitrogen and oxygen atoms in total. The van der Waals surface area contributed by atoms with Crippen molar-refractivity contribution in [2.24, 2.45) is 5.73 Å². The lowest BCUT2D eigenvalue weighted by Gasteiger charge is -2.30. The van der Waals surface area contributed by atoms with Gasteiger partial charge in [-0.15, -0.1) is 0 Å². The predicted octanol–water partition coefficient (Wildman–Crippen LogP) is 3.82. The smallest absolute Gasteiger partial charge is 0.292 e. The molecule has 0 aliphatic heterocycles. The lowest BCUT2D eigenvalue weighted by Crippen LogP contribution is -2.49. The minimum Gasteiger partial charge on any atom is -0.352 e. The highest BCUT2D eigenvalue weighted by Crippen LogP contribution is 2.25. The van der Waals surface area contributed by atoms with Crippen LogP contribution in [0.25, 0.3) is 10.8 Å². The van der Waals surface area contributed by atoms with E-state index in [0.717, 1.165) is 27.5 Å². The first-order chi connectivity index (χ1) is 21.4. The van der Waals surface area contributed by atoms with E-state index in [1.165, 1.54) is 11.9 Å². The molecule has 1 aromatic heterocycles. The molecule has 5 rings (SSSR count). The van der Waals surface area contributed by atoms with Crippen molar-refractivity contribution in [1.29, 1.82) is 0 Å². The normalized spacial score (nSPS) is 12.3. The third-order valence-corrected chi connectivity index (χ3v) is 7.53. The van der Waals surface area contributed by atoms with E-state index in [1.54, 1.807) is 25.2 Å². The summed E-state index contributed by atoms with van der Waals surface area (Å²) in [4.78, 5) is 45.8. The van der Waals surface area contributed by atoms with Gasteiger partial charge in [0, 0.05) is 39.0 Å². The number of amides is 3. The Kier molecular flexibility index (Phi) is 9.41. The summed E-state index contributed by atoms with van der Waals surface area (Å²) >= 11 is 0. The molecule has 0 aliphatic carbocycles. The first-order valence-corrected chi connectivity index (χ1v) is 14.3. The predicted molar refractivity (Wildman–Crippen MR) is 167 cm³/mol. The molecule has 0 spiro atoms. The van der Waals surface area contributed by atoms with Crippen LogP contribution in [0.5, 0.6) is 0 Å². The summed E-state index contributed by atoms with van der Waals surface area (Å²) in [7, 11) is 3.10. The van der Waals surface area contributed by atoms with Crippen LogP contribution >= 0.6 is 0 Å². The van der Waals surface area contributed by atoms with Crippen LogP contribution in [0.3, 0.4) is 0 Å². The SMILES string of the molecule is CNC(=O)c1noc(C(Cc2ccccc2)N(C)C(=O)C(Cc2ccc3ccccc3c2)NC(=O)c2cccc(CN)c2)n1. The molecule has 0 saturated heterocycles. The van der Waals surface area contributed by atoms with Gasteiger partial charge >= 0.3 is 0 Å². The summed E-state index contributed by atoms with van der Waals surface area (Å²) in [6.45, 7) is 0.284. The lowest BCUT2D eigenvalue weighted by atomic mass is 9.99. The highest BCUT2D eigenvalue weighted by molar-refractivity contribution is 5.98. The van der Waals surface area contributed by atoms with Crippen molar-refractivity contribution in [2.75, 3.05) is 14.1 Å². The second kappa shape index (κ2) is 13.7. The molecular weight excluding hydrogens is 556 g/mol. The first-order valence-electron chi connectivity index (χ1n) is 14.3. The average Bonchev–Trinajstić information content (AvgIpc) is 3.56. The van der Waals surface area contributed by atoms with Crippen LogP contribution in [0.1, 0.15) is 49.6 Å². The van der Waals surface area contributed by atoms with Gasteiger partial charge < -0.3 is 25.8 Å². The molecule has 0 saturated carbocycles. The summed E-state index contributed by atoms with van der Waals surface area (Å²) in [5, 5.41) is 11.4. The Hall–Kier alpha value is -5.35. The number of nitrogens with zero attached hydrogens (tertiary/aromatic N) is 3. The van der Waals surface area contributed by atoms with E-state index in [-0.39, 0.29) is 30.6 Å². The first kappa shape index (κ1) is 30.1. The lowest BCUT2D eigenvalue weighted by molar-refractivity contribution is -0.134. The van der Waals surface area contributed by atoms with Crippen molar-refractivity contribution in [3.05, 3.63) is 131 Å². The molecule has 0 bridgehead atoms. The maximum absolute atomic E-state index is 14.3. The monoisotopic (exact) mass is 590 g/mol. The van der Waals surface area contributed by atoms with Crippen LogP contribution in [0.2, 0.25) is 0 Å². The van der Waals surface area contributed by atoms with Gasteiger partial charge in [-0.25, -0.2) is 0 Å². The molecule has 3 amide bonds. The van der Waals surface area contributed by atoms with Gasteiger partial charge in [-0.3, -0.25) is 14.4 Å². The quantitative estimate of drug-likeness (QED) is 0.212. The van der Waals surface area contributed by atoms with Crippen LogP contribution in [0.15, 0.2) is 102 Å². The number of carbonyl (C=O) groups excluding carboxylic acids is 3. The third kappa shape index (κ3) is 6.99. The van der Waals surface area contributed by atoms with Gasteiger partial charge in [0.05, 0.1) is 0 Å². The number of rotatable bonds is 11. The molecule has 2 atom stereocenters. The molecule has 0 fully saturated rings. The van der Waals surface area contributed by atoms with Crippen molar-refractivity contribution in [1.82, 2.24) is 25.7 Å². The largest absolute Gasteiger partial charge is 0.352 e. The van der Waals surface area contributed by atoms with Gasteiger partial charge in [0.25, 0.3) is 17.6 Å². The van der Waals surface area contributed by atoms with E-state index >= 15 is 0 Å². The molecule has 5 aromatic rings. The molecule has 4 aromatic carbocycles.